The van der Waals surface area contributed by atoms with Crippen LogP contribution in [0.4, 0.5) is 5.69 Å². The van der Waals surface area contributed by atoms with E-state index in [0.717, 1.165) is 5.56 Å². The number of nitrogens with zero attached hydrogens (tertiary/aromatic N) is 5. The number of carbonyl (C=O) groups excluding carboxylic acids is 2. The summed E-state index contributed by atoms with van der Waals surface area (Å²) in [4.78, 5) is 31.7. The first kappa shape index (κ1) is 28.8. The van der Waals surface area contributed by atoms with Gasteiger partial charge in [-0.2, -0.15) is 10.4 Å². The normalized spacial score (nSPS) is 21.4. The molecule has 2 aromatic carbocycles. The second-order valence-electron chi connectivity index (χ2n) is 11.5. The van der Waals surface area contributed by atoms with Gasteiger partial charge in [-0.3, -0.25) is 19.6 Å². The van der Waals surface area contributed by atoms with Crippen molar-refractivity contribution < 1.29 is 19.1 Å². The van der Waals surface area contributed by atoms with Crippen LogP contribution < -0.4 is 20.2 Å². The topological polar surface area (TPSA) is 134 Å². The van der Waals surface area contributed by atoms with Crippen molar-refractivity contribution in [3.63, 3.8) is 0 Å². The first-order valence-electron chi connectivity index (χ1n) is 13.5. The molecule has 0 radical (unpaired) electrons. The fraction of sp³-hybridized carbons (Fsp3) is 0.323. The van der Waals surface area contributed by atoms with E-state index in [1.54, 1.807) is 65.4 Å². The van der Waals surface area contributed by atoms with Gasteiger partial charge in [-0.1, -0.05) is 23.2 Å². The van der Waals surface area contributed by atoms with Gasteiger partial charge < -0.3 is 20.1 Å². The molecule has 2 amide bonds. The maximum atomic E-state index is 13.9. The molecule has 6 rings (SSSR count). The SMILES string of the molecule is COc1cc2c(cc1-c1cncc(C(N)=O)c1C)C13C(CO2)[C@H]1C(C(=O)N(C)C(C)(C)C#N)=NN3c1cc(Cl)cc(Cl)c1. The van der Waals surface area contributed by atoms with Gasteiger partial charge in [-0.15, -0.1) is 0 Å². The van der Waals surface area contributed by atoms with E-state index in [1.165, 1.54) is 11.1 Å². The molecule has 2 N–H and O–H groups in total. The minimum absolute atomic E-state index is 0.148. The number of halogens is 2. The molecule has 220 valence electrons. The maximum Gasteiger partial charge on any atom is 0.271 e. The van der Waals surface area contributed by atoms with Crippen LogP contribution >= 0.6 is 23.2 Å². The number of primary amides is 1. The van der Waals surface area contributed by atoms with E-state index < -0.39 is 17.0 Å². The predicted molar refractivity (Wildman–Crippen MR) is 162 cm³/mol. The maximum absolute atomic E-state index is 13.9. The summed E-state index contributed by atoms with van der Waals surface area (Å²) in [6.07, 6.45) is 3.09. The summed E-state index contributed by atoms with van der Waals surface area (Å²) in [6.45, 7) is 5.48. The molecule has 1 spiro atoms. The van der Waals surface area contributed by atoms with E-state index in [2.05, 4.69) is 11.1 Å². The van der Waals surface area contributed by atoms with Crippen molar-refractivity contribution in [2.45, 2.75) is 31.8 Å². The van der Waals surface area contributed by atoms with Gasteiger partial charge in [-0.05, 0) is 50.6 Å². The van der Waals surface area contributed by atoms with Gasteiger partial charge in [0, 0.05) is 64.1 Å². The molecular weight excluding hydrogens is 591 g/mol. The Balaban J connectivity index is 1.57. The fourth-order valence-corrected chi connectivity index (χ4v) is 6.81. The summed E-state index contributed by atoms with van der Waals surface area (Å²) in [5.41, 5.74) is 7.72. The van der Waals surface area contributed by atoms with Crippen molar-refractivity contribution in [2.24, 2.45) is 22.7 Å². The molecule has 1 aromatic heterocycles. The van der Waals surface area contributed by atoms with Crippen LogP contribution in [0.25, 0.3) is 11.1 Å². The van der Waals surface area contributed by atoms with Crippen molar-refractivity contribution in [2.75, 3.05) is 25.8 Å². The van der Waals surface area contributed by atoms with Gasteiger partial charge in [-0.25, -0.2) is 0 Å². The molecule has 3 aromatic rings. The van der Waals surface area contributed by atoms with E-state index >= 15 is 0 Å². The van der Waals surface area contributed by atoms with Gasteiger partial charge in [0.2, 0.25) is 0 Å². The largest absolute Gasteiger partial charge is 0.496 e. The Morgan fingerprint density at radius 2 is 1.88 bits per heavy atom. The van der Waals surface area contributed by atoms with Gasteiger partial charge in [0.15, 0.2) is 0 Å². The van der Waals surface area contributed by atoms with E-state index in [4.69, 9.17) is 43.5 Å². The number of hydrogen-bond donors (Lipinski definition) is 1. The van der Waals surface area contributed by atoms with Gasteiger partial charge >= 0.3 is 0 Å². The Kier molecular flexibility index (Phi) is 6.60. The molecule has 43 heavy (non-hydrogen) atoms. The van der Waals surface area contributed by atoms with E-state index in [1.807, 2.05) is 11.1 Å². The second kappa shape index (κ2) is 9.86. The lowest BCUT2D eigenvalue weighted by molar-refractivity contribution is -0.126. The molecule has 1 fully saturated rings. The Bertz CT molecular complexity index is 1780. The molecule has 0 saturated heterocycles. The molecule has 1 aliphatic carbocycles. The van der Waals surface area contributed by atoms with E-state index in [0.29, 0.717) is 61.8 Å². The van der Waals surface area contributed by atoms with E-state index in [-0.39, 0.29) is 17.7 Å². The monoisotopic (exact) mass is 618 g/mol. The first-order chi connectivity index (χ1) is 20.4. The van der Waals surface area contributed by atoms with Crippen LogP contribution in [-0.4, -0.2) is 53.7 Å². The summed E-state index contributed by atoms with van der Waals surface area (Å²) in [5, 5.41) is 17.3. The number of ether oxygens (including phenoxy) is 2. The first-order valence-corrected chi connectivity index (χ1v) is 14.3. The average Bonchev–Trinajstić information content (AvgIpc) is 3.52. The highest BCUT2D eigenvalue weighted by Crippen LogP contribution is 2.70. The zero-order valence-electron chi connectivity index (χ0n) is 24.1. The predicted octanol–water partition coefficient (Wildman–Crippen LogP) is 4.94. The average molecular weight is 620 g/mol. The van der Waals surface area contributed by atoms with Crippen molar-refractivity contribution >= 4 is 46.4 Å². The lowest BCUT2D eigenvalue weighted by Crippen LogP contribution is -2.47. The van der Waals surface area contributed by atoms with Crippen molar-refractivity contribution in [3.05, 3.63) is 69.5 Å². The number of nitrogens with two attached hydrogens (primary N) is 1. The number of fused-ring (bicyclic) bond motifs is 2. The number of nitriles is 1. The number of methoxy groups -OCH3 is 1. The summed E-state index contributed by atoms with van der Waals surface area (Å²) in [6, 6.07) is 11.1. The minimum atomic E-state index is -1.06. The molecule has 2 aliphatic heterocycles. The lowest BCUT2D eigenvalue weighted by atomic mass is 9.90. The molecule has 1 saturated carbocycles. The third-order valence-electron chi connectivity index (χ3n) is 8.84. The number of pyridine rings is 1. The number of carbonyl (C=O) groups is 2. The molecular formula is C31H28Cl2N6O4. The lowest BCUT2D eigenvalue weighted by Gasteiger charge is -2.34. The number of hydrogen-bond acceptors (Lipinski definition) is 8. The smallest absolute Gasteiger partial charge is 0.271 e. The number of anilines is 1. The van der Waals surface area contributed by atoms with Crippen LogP contribution in [-0.2, 0) is 10.3 Å². The van der Waals surface area contributed by atoms with E-state index in [9.17, 15) is 14.9 Å². The van der Waals surface area contributed by atoms with Crippen LogP contribution in [0.5, 0.6) is 11.5 Å². The molecule has 0 bridgehead atoms. The van der Waals surface area contributed by atoms with Gasteiger partial charge in [0.1, 0.15) is 28.3 Å². The molecule has 12 heteroatoms. The summed E-state index contributed by atoms with van der Waals surface area (Å²) >= 11 is 12.9. The van der Waals surface area contributed by atoms with Crippen molar-refractivity contribution in [1.29, 1.82) is 5.26 Å². The van der Waals surface area contributed by atoms with Gasteiger partial charge in [0.05, 0.1) is 31.0 Å². The highest BCUT2D eigenvalue weighted by molar-refractivity contribution is 6.42. The van der Waals surface area contributed by atoms with Crippen molar-refractivity contribution in [3.8, 4) is 28.7 Å². The Hall–Kier alpha value is -4.33. The third kappa shape index (κ3) is 4.13. The minimum Gasteiger partial charge on any atom is -0.496 e. The zero-order valence-corrected chi connectivity index (χ0v) is 25.6. The Labute approximate surface area is 258 Å². The summed E-state index contributed by atoms with van der Waals surface area (Å²) in [7, 11) is 3.15. The molecule has 3 atom stereocenters. The Morgan fingerprint density at radius 3 is 2.51 bits per heavy atom. The highest BCUT2D eigenvalue weighted by Gasteiger charge is 2.78. The van der Waals surface area contributed by atoms with Crippen LogP contribution in [0, 0.1) is 30.1 Å². The third-order valence-corrected chi connectivity index (χ3v) is 9.27. The summed E-state index contributed by atoms with van der Waals surface area (Å²) in [5.74, 6) is -0.359. The molecule has 10 nitrogen and oxygen atoms in total. The van der Waals surface area contributed by atoms with Crippen molar-refractivity contribution in [1.82, 2.24) is 9.88 Å². The number of benzene rings is 2. The second-order valence-corrected chi connectivity index (χ2v) is 12.3. The number of amides is 2. The summed E-state index contributed by atoms with van der Waals surface area (Å²) < 4.78 is 12.0. The molecule has 3 heterocycles. The van der Waals surface area contributed by atoms with Crippen LogP contribution in [0.2, 0.25) is 10.0 Å². The number of hydrazone groups is 1. The number of aromatic nitrogens is 1. The van der Waals surface area contributed by atoms with Crippen LogP contribution in [0.3, 0.4) is 0 Å². The molecule has 2 unspecified atom stereocenters. The quantitative estimate of drug-likeness (QED) is 0.413. The van der Waals surface area contributed by atoms with Crippen LogP contribution in [0.15, 0.2) is 47.8 Å². The molecule has 3 aliphatic rings. The standard InChI is InChI=1S/C31H28Cl2N6O4/c1-15-20(11-36-12-21(15)28(35)40)19-9-22-25(10-24(19)42-5)43-13-23-26-27(29(41)38(4)30(2,3)14-34)37-39(31(22,23)26)18-7-16(32)6-17(33)8-18/h6-12,23,26H,13H2,1-5H3,(H2,35,40)/t23?,26-,31?/m0/s1. The Morgan fingerprint density at radius 1 is 1.19 bits per heavy atom. The van der Waals surface area contributed by atoms with Crippen LogP contribution in [0.1, 0.15) is 35.3 Å². The zero-order chi connectivity index (χ0) is 31.0. The van der Waals surface area contributed by atoms with Gasteiger partial charge in [0.25, 0.3) is 11.8 Å². The number of rotatable bonds is 6. The highest BCUT2D eigenvalue weighted by atomic mass is 35.5. The fourth-order valence-electron chi connectivity index (χ4n) is 6.30.